The number of imide groups is 1. The van der Waals surface area contributed by atoms with Crippen LogP contribution >= 0.6 is 0 Å². The third-order valence-electron chi connectivity index (χ3n) is 12.5. The van der Waals surface area contributed by atoms with Crippen LogP contribution in [0.2, 0.25) is 0 Å². The van der Waals surface area contributed by atoms with E-state index in [2.05, 4.69) is 16.0 Å². The lowest BCUT2D eigenvalue weighted by Gasteiger charge is -2.40. The molecule has 8 amide bonds. The second kappa shape index (κ2) is 27.8. The minimum Gasteiger partial charge on any atom is -0.480 e. The maximum Gasteiger partial charge on any atom is 0.326 e. The highest BCUT2D eigenvalue weighted by molar-refractivity contribution is 6.12. The van der Waals surface area contributed by atoms with Gasteiger partial charge in [-0.2, -0.15) is 5.10 Å². The number of carbonyl (C=O) groups excluding carboxylic acids is 8. The van der Waals surface area contributed by atoms with Crippen LogP contribution in [0, 0.1) is 23.0 Å². The predicted molar refractivity (Wildman–Crippen MR) is 270 cm³/mol. The summed E-state index contributed by atoms with van der Waals surface area (Å²) in [6.07, 6.45) is 4.55. The van der Waals surface area contributed by atoms with E-state index in [4.69, 9.17) is 16.6 Å². The van der Waals surface area contributed by atoms with Gasteiger partial charge in [0.05, 0.1) is 17.8 Å². The van der Waals surface area contributed by atoms with Crippen LogP contribution in [0.4, 0.5) is 8.78 Å². The summed E-state index contributed by atoms with van der Waals surface area (Å²) >= 11 is 0. The fourth-order valence-electron chi connectivity index (χ4n) is 8.63. The molecule has 0 unspecified atom stereocenters. The van der Waals surface area contributed by atoms with Crippen molar-refractivity contribution >= 4 is 53.2 Å². The number of aliphatic hydroxyl groups is 1. The third kappa shape index (κ3) is 17.3. The van der Waals surface area contributed by atoms with Gasteiger partial charge in [0.15, 0.2) is 0 Å². The molecule has 0 radical (unpaired) electrons. The molecule has 0 bridgehead atoms. The van der Waals surface area contributed by atoms with Crippen molar-refractivity contribution < 1.29 is 62.1 Å². The molecule has 1 aliphatic heterocycles. The van der Waals surface area contributed by atoms with Gasteiger partial charge in [0.1, 0.15) is 42.1 Å². The lowest BCUT2D eigenvalue weighted by molar-refractivity contribution is -0.152. The van der Waals surface area contributed by atoms with Crippen LogP contribution in [-0.2, 0) is 49.6 Å². The van der Waals surface area contributed by atoms with Crippen LogP contribution in [-0.4, -0.2) is 145 Å². The van der Waals surface area contributed by atoms with Gasteiger partial charge in [-0.15, -0.1) is 0 Å². The van der Waals surface area contributed by atoms with Crippen molar-refractivity contribution in [3.05, 3.63) is 95.3 Å². The zero-order chi connectivity index (χ0) is 55.7. The van der Waals surface area contributed by atoms with Crippen molar-refractivity contribution in [1.29, 1.82) is 0 Å². The molecule has 0 saturated carbocycles. The number of nitrogens with two attached hydrogens (primary N) is 2. The molecule has 1 aliphatic rings. The van der Waals surface area contributed by atoms with Crippen LogP contribution in [0.1, 0.15) is 109 Å². The number of carboxylic acid groups (broad SMARTS) is 1. The van der Waals surface area contributed by atoms with Gasteiger partial charge in [0, 0.05) is 75.4 Å². The topological polar surface area (TPSA) is 310 Å². The van der Waals surface area contributed by atoms with Crippen LogP contribution < -0.4 is 27.4 Å². The number of carboxylic acids is 1. The SMILES string of the molecule is CC(C)[C@H](NC(=O)CCCCCN1C(=O)C=CC1=O)C(=O)N[C@@H](C)C(=O)N(CCNC(=O)[C@@H](N)CCN(C(=O)CO)[C@@H](c1nn(-c2cc(F)ccc2F)cc1Cc1ccccc1)C(C)(C)C)[C@@H](CCC(N)=O)C(=O)O. The molecular weight excluding hydrogens is 979 g/mol. The van der Waals surface area contributed by atoms with Crippen molar-refractivity contribution in [2.75, 3.05) is 32.8 Å². The summed E-state index contributed by atoms with van der Waals surface area (Å²) in [7, 11) is 0. The van der Waals surface area contributed by atoms with Gasteiger partial charge < -0.3 is 47.4 Å². The number of aliphatic hydroxyl groups excluding tert-OH is 1. The molecular formula is C52H70F2N10O11. The number of primary amides is 1. The summed E-state index contributed by atoms with van der Waals surface area (Å²) in [6, 6.07) is 5.78. The van der Waals surface area contributed by atoms with Gasteiger partial charge in [-0.3, -0.25) is 43.3 Å². The Morgan fingerprint density at radius 2 is 1.51 bits per heavy atom. The second-order valence-corrected chi connectivity index (χ2v) is 19.8. The van der Waals surface area contributed by atoms with Gasteiger partial charge in [0.2, 0.25) is 35.4 Å². The van der Waals surface area contributed by atoms with E-state index in [-0.39, 0.29) is 44.6 Å². The third-order valence-corrected chi connectivity index (χ3v) is 12.5. The minimum atomic E-state index is -1.64. The highest BCUT2D eigenvalue weighted by Crippen LogP contribution is 2.40. The Kier molecular flexibility index (Phi) is 22.3. The Morgan fingerprint density at radius 1 is 0.840 bits per heavy atom. The molecule has 5 atom stereocenters. The number of rotatable bonds is 29. The molecule has 0 aliphatic carbocycles. The van der Waals surface area contributed by atoms with E-state index >= 15 is 4.39 Å². The number of nitrogens with zero attached hydrogens (tertiary/aromatic N) is 5. The number of aromatic nitrogens is 2. The zero-order valence-corrected chi connectivity index (χ0v) is 43.2. The summed E-state index contributed by atoms with van der Waals surface area (Å²) < 4.78 is 30.8. The van der Waals surface area contributed by atoms with E-state index in [1.807, 2.05) is 51.1 Å². The molecule has 3 aromatic rings. The molecule has 2 heterocycles. The van der Waals surface area contributed by atoms with Crippen molar-refractivity contribution in [2.24, 2.45) is 22.8 Å². The average Bonchev–Trinajstić information content (AvgIpc) is 3.90. The first-order valence-electron chi connectivity index (χ1n) is 24.8. The lowest BCUT2D eigenvalue weighted by atomic mass is 9.81. The monoisotopic (exact) mass is 1050 g/mol. The van der Waals surface area contributed by atoms with Crippen LogP contribution in [0.3, 0.4) is 0 Å². The molecule has 9 N–H and O–H groups in total. The molecule has 75 heavy (non-hydrogen) atoms. The van der Waals surface area contributed by atoms with Crippen LogP contribution in [0.5, 0.6) is 0 Å². The fourth-order valence-corrected chi connectivity index (χ4v) is 8.63. The van der Waals surface area contributed by atoms with Crippen molar-refractivity contribution in [3.8, 4) is 5.69 Å². The highest BCUT2D eigenvalue weighted by Gasteiger charge is 2.39. The Labute approximate surface area is 434 Å². The molecule has 1 aromatic heterocycles. The number of aliphatic carboxylic acids is 1. The average molecular weight is 1050 g/mol. The van der Waals surface area contributed by atoms with E-state index in [0.29, 0.717) is 30.5 Å². The van der Waals surface area contributed by atoms with Gasteiger partial charge in [0.25, 0.3) is 11.8 Å². The summed E-state index contributed by atoms with van der Waals surface area (Å²) in [5, 5.41) is 33.0. The molecule has 0 saturated heterocycles. The van der Waals surface area contributed by atoms with Gasteiger partial charge in [-0.1, -0.05) is 71.4 Å². The minimum absolute atomic E-state index is 0.0235. The first kappa shape index (κ1) is 60.2. The Balaban J connectivity index is 1.47. The number of benzene rings is 2. The molecule has 23 heteroatoms. The quantitative estimate of drug-likeness (QED) is 0.0388. The molecule has 0 spiro atoms. The number of hydrogen-bond acceptors (Lipinski definition) is 12. The van der Waals surface area contributed by atoms with E-state index in [9.17, 15) is 57.8 Å². The van der Waals surface area contributed by atoms with E-state index in [0.717, 1.165) is 33.6 Å². The number of amides is 8. The number of unbranched alkanes of at least 4 members (excludes halogenated alkanes) is 2. The number of nitrogens with one attached hydrogen (secondary N) is 3. The van der Waals surface area contributed by atoms with Gasteiger partial charge in [-0.25, -0.2) is 18.3 Å². The largest absolute Gasteiger partial charge is 0.480 e. The van der Waals surface area contributed by atoms with Gasteiger partial charge >= 0.3 is 5.97 Å². The fraction of sp³-hybridized carbons (Fsp3) is 0.500. The molecule has 0 fully saturated rings. The Bertz CT molecular complexity index is 2550. The lowest BCUT2D eigenvalue weighted by Crippen LogP contribution is -2.58. The Morgan fingerprint density at radius 3 is 2.11 bits per heavy atom. The molecule has 4 rings (SSSR count). The first-order chi connectivity index (χ1) is 35.3. The standard InChI is InChI=1S/C52H70F2N10O11/c1-31(2)45(59-41(67)15-11-8-12-24-62-42(68)20-21-43(62)69)49(72)58-32(3)50(73)61(38(51(74)75)18-19-40(56)66)26-23-57-48(71)37(55)22-25-63(44(70)30-65)47(52(4,5)6)46-34(27-33-13-9-7-10-14-33)29-64(60-46)39-28-35(53)16-17-36(39)54/h7,9-10,13-14,16-17,20-21,28-29,31-32,37-38,45,47,65H,8,11-12,15,18-19,22-27,30,55H2,1-6H3,(H2,56,66)(H,57,71)(H,58,72)(H,59,67)(H,74,75)/t32-,37-,38-,45-,47-/m0/s1. The first-order valence-corrected chi connectivity index (χ1v) is 24.8. The van der Waals surface area contributed by atoms with E-state index in [1.165, 1.54) is 28.7 Å². The zero-order valence-electron chi connectivity index (χ0n) is 43.2. The summed E-state index contributed by atoms with van der Waals surface area (Å²) in [5.41, 5.74) is 12.4. The molecule has 2 aromatic carbocycles. The number of halogens is 2. The molecule has 21 nitrogen and oxygen atoms in total. The summed E-state index contributed by atoms with van der Waals surface area (Å²) in [6.45, 7) is 8.34. The second-order valence-electron chi connectivity index (χ2n) is 19.8. The Hall–Kier alpha value is -7.40. The van der Waals surface area contributed by atoms with Crippen molar-refractivity contribution in [1.82, 2.24) is 40.4 Å². The van der Waals surface area contributed by atoms with Crippen molar-refractivity contribution in [3.63, 3.8) is 0 Å². The normalized spacial score (nSPS) is 14.5. The van der Waals surface area contributed by atoms with Crippen LogP contribution in [0.15, 0.2) is 66.9 Å². The molecule has 408 valence electrons. The smallest absolute Gasteiger partial charge is 0.326 e. The summed E-state index contributed by atoms with van der Waals surface area (Å²) in [4.78, 5) is 119. The number of hydrogen-bond donors (Lipinski definition) is 7. The van der Waals surface area contributed by atoms with E-state index < -0.39 is 132 Å². The van der Waals surface area contributed by atoms with E-state index in [1.54, 1.807) is 20.0 Å². The predicted octanol–water partition coefficient (Wildman–Crippen LogP) is 2.16. The maximum absolute atomic E-state index is 15.2. The highest BCUT2D eigenvalue weighted by atomic mass is 19.1. The summed E-state index contributed by atoms with van der Waals surface area (Å²) in [5.74, 6) is -8.71. The van der Waals surface area contributed by atoms with Gasteiger partial charge in [-0.05, 0) is 61.6 Å². The number of carbonyl (C=O) groups is 9. The maximum atomic E-state index is 15.2. The van der Waals surface area contributed by atoms with Crippen LogP contribution in [0.25, 0.3) is 5.69 Å². The van der Waals surface area contributed by atoms with Crippen molar-refractivity contribution in [2.45, 2.75) is 123 Å².